The van der Waals surface area contributed by atoms with Crippen LogP contribution in [-0.4, -0.2) is 29.1 Å². The van der Waals surface area contributed by atoms with Crippen molar-refractivity contribution in [1.29, 1.82) is 0 Å². The van der Waals surface area contributed by atoms with E-state index in [0.29, 0.717) is 35.5 Å². The van der Waals surface area contributed by atoms with Gasteiger partial charge in [-0.15, -0.1) is 0 Å². The van der Waals surface area contributed by atoms with E-state index in [9.17, 15) is 21.2 Å². The van der Waals surface area contributed by atoms with Crippen molar-refractivity contribution in [3.8, 4) is 0 Å². The average molecular weight is 398 g/mol. The molecule has 1 aliphatic heterocycles. The van der Waals surface area contributed by atoms with Crippen LogP contribution in [0, 0.1) is 12.7 Å². The Kier molecular flexibility index (Phi) is 4.94. The summed E-state index contributed by atoms with van der Waals surface area (Å²) in [5.74, 6) is -0.652. The number of sulfonamides is 2. The summed E-state index contributed by atoms with van der Waals surface area (Å²) < 4.78 is 65.7. The molecule has 1 N–H and O–H groups in total. The highest BCUT2D eigenvalue weighted by Gasteiger charge is 2.28. The molecular weight excluding hydrogens is 379 g/mol. The van der Waals surface area contributed by atoms with Crippen molar-refractivity contribution in [3.05, 3.63) is 59.4 Å². The second-order valence-corrected chi connectivity index (χ2v) is 9.96. The van der Waals surface area contributed by atoms with Gasteiger partial charge in [0.25, 0.3) is 0 Å². The maximum absolute atomic E-state index is 13.0. The predicted molar refractivity (Wildman–Crippen MR) is 99.6 cm³/mol. The summed E-state index contributed by atoms with van der Waals surface area (Å²) in [6.07, 6.45) is 0.543. The van der Waals surface area contributed by atoms with Crippen molar-refractivity contribution in [2.24, 2.45) is 0 Å². The Balaban J connectivity index is 1.84. The molecule has 140 valence electrons. The zero-order chi connectivity index (χ0) is 18.9. The Hall–Kier alpha value is -2.13. The van der Waals surface area contributed by atoms with Crippen LogP contribution in [0.3, 0.4) is 0 Å². The fourth-order valence-electron chi connectivity index (χ4n) is 2.81. The van der Waals surface area contributed by atoms with Gasteiger partial charge in [0.2, 0.25) is 20.0 Å². The zero-order valence-corrected chi connectivity index (χ0v) is 15.8. The first-order valence-electron chi connectivity index (χ1n) is 8.02. The molecule has 3 rings (SSSR count). The molecule has 0 bridgehead atoms. The third-order valence-corrected chi connectivity index (χ3v) is 7.26. The summed E-state index contributed by atoms with van der Waals surface area (Å²) in [6.45, 7) is 2.12. The van der Waals surface area contributed by atoms with Crippen molar-refractivity contribution in [2.75, 3.05) is 21.3 Å². The molecule has 2 aromatic rings. The maximum atomic E-state index is 13.0. The normalized spacial score (nSPS) is 16.6. The van der Waals surface area contributed by atoms with E-state index in [4.69, 9.17) is 0 Å². The second-order valence-electron chi connectivity index (χ2n) is 6.23. The average Bonchev–Trinajstić information content (AvgIpc) is 2.91. The quantitative estimate of drug-likeness (QED) is 0.839. The molecule has 6 nitrogen and oxygen atoms in total. The molecular formula is C17H19FN2O4S2. The van der Waals surface area contributed by atoms with Gasteiger partial charge in [-0.1, -0.05) is 18.2 Å². The molecule has 0 aromatic heterocycles. The van der Waals surface area contributed by atoms with E-state index in [1.165, 1.54) is 34.6 Å². The van der Waals surface area contributed by atoms with Crippen molar-refractivity contribution < 1.29 is 21.2 Å². The molecule has 1 fully saturated rings. The molecule has 0 saturated carbocycles. The molecule has 0 atom stereocenters. The molecule has 2 aromatic carbocycles. The first-order chi connectivity index (χ1) is 12.2. The van der Waals surface area contributed by atoms with E-state index in [2.05, 4.69) is 4.72 Å². The largest absolute Gasteiger partial charge is 0.283 e. The van der Waals surface area contributed by atoms with Gasteiger partial charge in [-0.25, -0.2) is 21.2 Å². The van der Waals surface area contributed by atoms with Gasteiger partial charge in [0.05, 0.1) is 22.9 Å². The maximum Gasteiger partial charge on any atom is 0.236 e. The van der Waals surface area contributed by atoms with Crippen LogP contribution in [0.15, 0.2) is 42.5 Å². The highest BCUT2D eigenvalue weighted by molar-refractivity contribution is 7.93. The molecule has 0 aliphatic carbocycles. The van der Waals surface area contributed by atoms with Crippen molar-refractivity contribution in [1.82, 2.24) is 0 Å². The highest BCUT2D eigenvalue weighted by atomic mass is 32.2. The first-order valence-corrected chi connectivity index (χ1v) is 11.3. The third kappa shape index (κ3) is 4.16. The van der Waals surface area contributed by atoms with Crippen molar-refractivity contribution in [2.45, 2.75) is 19.1 Å². The van der Waals surface area contributed by atoms with Gasteiger partial charge < -0.3 is 0 Å². The van der Waals surface area contributed by atoms with Crippen LogP contribution >= 0.6 is 0 Å². The minimum atomic E-state index is -3.73. The highest BCUT2D eigenvalue weighted by Crippen LogP contribution is 2.29. The third-order valence-electron chi connectivity index (χ3n) is 4.14. The van der Waals surface area contributed by atoms with E-state index in [0.717, 1.165) is 0 Å². The standard InChI is InChI=1S/C17H19FN2O4S2/c1-13-3-8-16(20-9-2-10-26(20,23)24)11-17(13)19-25(21,22)12-14-4-6-15(18)7-5-14/h3-8,11,19H,2,9-10,12H2,1H3. The molecule has 9 heteroatoms. The second kappa shape index (κ2) is 6.88. The lowest BCUT2D eigenvalue weighted by Crippen LogP contribution is -2.25. The summed E-state index contributed by atoms with van der Waals surface area (Å²) in [7, 11) is -7.08. The summed E-state index contributed by atoms with van der Waals surface area (Å²) in [5, 5.41) is 0. The van der Waals surface area contributed by atoms with Crippen LogP contribution < -0.4 is 9.03 Å². The molecule has 1 aliphatic rings. The monoisotopic (exact) mass is 398 g/mol. The van der Waals surface area contributed by atoms with Gasteiger partial charge in [0, 0.05) is 6.54 Å². The number of anilines is 2. The summed E-state index contributed by atoms with van der Waals surface area (Å²) in [4.78, 5) is 0. The first kappa shape index (κ1) is 18.7. The van der Waals surface area contributed by atoms with Crippen LogP contribution in [0.25, 0.3) is 0 Å². The van der Waals surface area contributed by atoms with Crippen LogP contribution in [0.2, 0.25) is 0 Å². The Labute approximate surface area is 152 Å². The van der Waals surface area contributed by atoms with E-state index in [-0.39, 0.29) is 11.5 Å². The van der Waals surface area contributed by atoms with Gasteiger partial charge in [0.1, 0.15) is 5.82 Å². The number of benzene rings is 2. The number of halogens is 1. The Morgan fingerprint density at radius 1 is 1.15 bits per heavy atom. The Morgan fingerprint density at radius 2 is 1.85 bits per heavy atom. The van der Waals surface area contributed by atoms with Crippen LogP contribution in [-0.2, 0) is 25.8 Å². The number of nitrogens with one attached hydrogen (secondary N) is 1. The van der Waals surface area contributed by atoms with Crippen LogP contribution in [0.5, 0.6) is 0 Å². The lowest BCUT2D eigenvalue weighted by Gasteiger charge is -2.19. The molecule has 0 radical (unpaired) electrons. The van der Waals surface area contributed by atoms with Crippen LogP contribution in [0.4, 0.5) is 15.8 Å². The topological polar surface area (TPSA) is 83.6 Å². The Morgan fingerprint density at radius 3 is 2.46 bits per heavy atom. The summed E-state index contributed by atoms with van der Waals surface area (Å²) in [6, 6.07) is 10.1. The molecule has 0 unspecified atom stereocenters. The molecule has 0 amide bonds. The molecule has 26 heavy (non-hydrogen) atoms. The number of hydrogen-bond donors (Lipinski definition) is 1. The van der Waals surface area contributed by atoms with Crippen molar-refractivity contribution >= 4 is 31.4 Å². The summed E-state index contributed by atoms with van der Waals surface area (Å²) in [5.41, 5.74) is 1.89. The minimum Gasteiger partial charge on any atom is -0.283 e. The van der Waals surface area contributed by atoms with E-state index in [1.54, 1.807) is 19.1 Å². The van der Waals surface area contributed by atoms with E-state index in [1.807, 2.05) is 0 Å². The lowest BCUT2D eigenvalue weighted by atomic mass is 10.2. The zero-order valence-electron chi connectivity index (χ0n) is 14.1. The van der Waals surface area contributed by atoms with Gasteiger partial charge >= 0.3 is 0 Å². The molecule has 0 spiro atoms. The minimum absolute atomic E-state index is 0.0898. The fourth-order valence-corrected chi connectivity index (χ4v) is 5.62. The van der Waals surface area contributed by atoms with Gasteiger partial charge in [-0.3, -0.25) is 9.03 Å². The number of aryl methyl sites for hydroxylation is 1. The van der Waals surface area contributed by atoms with Gasteiger partial charge in [0.15, 0.2) is 0 Å². The molecule has 1 heterocycles. The number of hydrogen-bond acceptors (Lipinski definition) is 4. The van der Waals surface area contributed by atoms with E-state index >= 15 is 0 Å². The SMILES string of the molecule is Cc1ccc(N2CCCS2(=O)=O)cc1NS(=O)(=O)Cc1ccc(F)cc1. The Bertz CT molecular complexity index is 1020. The van der Waals surface area contributed by atoms with E-state index < -0.39 is 25.9 Å². The van der Waals surface area contributed by atoms with Crippen LogP contribution in [0.1, 0.15) is 17.5 Å². The fraction of sp³-hybridized carbons (Fsp3) is 0.294. The van der Waals surface area contributed by atoms with Crippen molar-refractivity contribution in [3.63, 3.8) is 0 Å². The van der Waals surface area contributed by atoms with Gasteiger partial charge in [-0.05, 0) is 48.7 Å². The summed E-state index contributed by atoms with van der Waals surface area (Å²) >= 11 is 0. The number of rotatable bonds is 5. The lowest BCUT2D eigenvalue weighted by molar-refractivity contribution is 0.598. The molecule has 1 saturated heterocycles. The number of nitrogens with zero attached hydrogens (tertiary/aromatic N) is 1. The predicted octanol–water partition coefficient (Wildman–Crippen LogP) is 2.62. The van der Waals surface area contributed by atoms with Gasteiger partial charge in [-0.2, -0.15) is 0 Å². The smallest absolute Gasteiger partial charge is 0.236 e.